The molecule has 0 aromatic heterocycles. The molecule has 1 saturated carbocycles. The number of hydrogen-bond acceptors (Lipinski definition) is 2. The average Bonchev–Trinajstić information content (AvgIpc) is 2.82. The van der Waals surface area contributed by atoms with E-state index in [0.29, 0.717) is 6.10 Å². The van der Waals surface area contributed by atoms with Crippen molar-refractivity contribution in [3.8, 4) is 5.75 Å². The molecule has 1 N–H and O–H groups in total. The molecule has 18 heavy (non-hydrogen) atoms. The van der Waals surface area contributed by atoms with Crippen LogP contribution in [0.15, 0.2) is 18.2 Å². The van der Waals surface area contributed by atoms with Crippen molar-refractivity contribution < 1.29 is 4.74 Å². The van der Waals surface area contributed by atoms with Gasteiger partial charge in [-0.25, -0.2) is 0 Å². The van der Waals surface area contributed by atoms with Crippen molar-refractivity contribution in [2.24, 2.45) is 0 Å². The molecule has 2 rings (SSSR count). The van der Waals surface area contributed by atoms with Crippen LogP contribution in [0.25, 0.3) is 0 Å². The molecule has 0 saturated heterocycles. The first-order chi connectivity index (χ1) is 8.70. The zero-order valence-electron chi connectivity index (χ0n) is 11.2. The number of benzene rings is 1. The summed E-state index contributed by atoms with van der Waals surface area (Å²) in [6, 6.07) is 6.33. The minimum Gasteiger partial charge on any atom is -0.490 e. The van der Waals surface area contributed by atoms with Crippen molar-refractivity contribution in [2.45, 2.75) is 51.7 Å². The first-order valence-corrected chi connectivity index (χ1v) is 7.28. The molecule has 1 aliphatic carbocycles. The second-order valence-corrected chi connectivity index (χ2v) is 5.39. The van der Waals surface area contributed by atoms with Crippen LogP contribution in [-0.4, -0.2) is 12.6 Å². The molecule has 0 radical (unpaired) electrons. The smallest absolute Gasteiger partial charge is 0.121 e. The Hall–Kier alpha value is -0.730. The maximum Gasteiger partial charge on any atom is 0.121 e. The molecule has 1 fully saturated rings. The molecule has 0 aliphatic heterocycles. The van der Waals surface area contributed by atoms with E-state index in [0.717, 1.165) is 22.9 Å². The van der Waals surface area contributed by atoms with Crippen LogP contribution in [0.5, 0.6) is 5.75 Å². The van der Waals surface area contributed by atoms with E-state index in [2.05, 4.69) is 25.2 Å². The summed E-state index contributed by atoms with van der Waals surface area (Å²) in [6.07, 6.45) is 5.31. The molecule has 2 nitrogen and oxygen atoms in total. The van der Waals surface area contributed by atoms with Crippen molar-refractivity contribution in [3.05, 3.63) is 28.8 Å². The van der Waals surface area contributed by atoms with Crippen molar-refractivity contribution >= 4 is 11.6 Å². The Morgan fingerprint density at radius 3 is 2.72 bits per heavy atom. The molecule has 1 unspecified atom stereocenters. The fourth-order valence-electron chi connectivity index (χ4n) is 2.55. The zero-order valence-corrected chi connectivity index (χ0v) is 12.0. The molecule has 1 aromatic rings. The van der Waals surface area contributed by atoms with Gasteiger partial charge in [0.1, 0.15) is 5.75 Å². The van der Waals surface area contributed by atoms with Gasteiger partial charge in [-0.1, -0.05) is 24.6 Å². The lowest BCUT2D eigenvalue weighted by molar-refractivity contribution is 0.210. The highest BCUT2D eigenvalue weighted by Gasteiger charge is 2.17. The molecule has 1 atom stereocenters. The van der Waals surface area contributed by atoms with Crippen LogP contribution in [-0.2, 0) is 0 Å². The highest BCUT2D eigenvalue weighted by Crippen LogP contribution is 2.30. The molecule has 0 amide bonds. The third kappa shape index (κ3) is 3.39. The van der Waals surface area contributed by atoms with Gasteiger partial charge in [-0.15, -0.1) is 0 Å². The molecule has 3 heteroatoms. The summed E-state index contributed by atoms with van der Waals surface area (Å²) in [7, 11) is 0. The quantitative estimate of drug-likeness (QED) is 0.857. The van der Waals surface area contributed by atoms with E-state index in [1.54, 1.807) is 0 Å². The summed E-state index contributed by atoms with van der Waals surface area (Å²) in [6.45, 7) is 5.17. The third-order valence-electron chi connectivity index (χ3n) is 3.55. The van der Waals surface area contributed by atoms with E-state index in [-0.39, 0.29) is 6.04 Å². The van der Waals surface area contributed by atoms with E-state index in [1.165, 1.54) is 25.7 Å². The van der Waals surface area contributed by atoms with Crippen LogP contribution < -0.4 is 10.1 Å². The largest absolute Gasteiger partial charge is 0.490 e. The van der Waals surface area contributed by atoms with E-state index < -0.39 is 0 Å². The number of halogens is 1. The molecule has 1 aromatic carbocycles. The fraction of sp³-hybridized carbons (Fsp3) is 0.600. The summed E-state index contributed by atoms with van der Waals surface area (Å²) in [5.41, 5.74) is 1.14. The Balaban J connectivity index is 2.04. The fourth-order valence-corrected chi connectivity index (χ4v) is 2.88. The molecule has 0 spiro atoms. The lowest BCUT2D eigenvalue weighted by atomic mass is 10.1. The first-order valence-electron chi connectivity index (χ1n) is 6.90. The highest BCUT2D eigenvalue weighted by atomic mass is 35.5. The number of nitrogens with one attached hydrogen (secondary N) is 1. The van der Waals surface area contributed by atoms with Gasteiger partial charge in [0.15, 0.2) is 0 Å². The number of ether oxygens (including phenoxy) is 1. The van der Waals surface area contributed by atoms with E-state index in [9.17, 15) is 0 Å². The van der Waals surface area contributed by atoms with Gasteiger partial charge in [0.25, 0.3) is 0 Å². The summed E-state index contributed by atoms with van der Waals surface area (Å²) in [5, 5.41) is 4.16. The standard InChI is InChI=1S/C15H22ClNO/c1-3-17-11(2)14-9-8-13(10-15(14)16)18-12-6-4-5-7-12/h8-12,17H,3-7H2,1-2H3. The maximum absolute atomic E-state index is 6.33. The van der Waals surface area contributed by atoms with Gasteiger partial charge >= 0.3 is 0 Å². The van der Waals surface area contributed by atoms with Gasteiger partial charge in [0.05, 0.1) is 6.10 Å². The Bertz CT molecular complexity index is 388. The second-order valence-electron chi connectivity index (χ2n) is 4.99. The number of rotatable bonds is 5. The van der Waals surface area contributed by atoms with E-state index in [1.807, 2.05) is 12.1 Å². The van der Waals surface area contributed by atoms with Crippen LogP contribution in [0.4, 0.5) is 0 Å². The number of hydrogen-bond donors (Lipinski definition) is 1. The van der Waals surface area contributed by atoms with Crippen molar-refractivity contribution in [3.63, 3.8) is 0 Å². The minimum atomic E-state index is 0.281. The normalized spacial score (nSPS) is 17.9. The summed E-state index contributed by atoms with van der Waals surface area (Å²) >= 11 is 6.33. The van der Waals surface area contributed by atoms with Crippen LogP contribution in [0, 0.1) is 0 Å². The van der Waals surface area contributed by atoms with Gasteiger partial charge < -0.3 is 10.1 Å². The van der Waals surface area contributed by atoms with Crippen molar-refractivity contribution in [1.29, 1.82) is 0 Å². The van der Waals surface area contributed by atoms with Crippen molar-refractivity contribution in [1.82, 2.24) is 5.32 Å². The van der Waals surface area contributed by atoms with Gasteiger partial charge in [-0.2, -0.15) is 0 Å². The van der Waals surface area contributed by atoms with Crippen LogP contribution in [0.1, 0.15) is 51.1 Å². The molecule has 0 bridgehead atoms. The monoisotopic (exact) mass is 267 g/mol. The summed E-state index contributed by atoms with van der Waals surface area (Å²) in [4.78, 5) is 0. The van der Waals surface area contributed by atoms with Crippen LogP contribution in [0.3, 0.4) is 0 Å². The maximum atomic E-state index is 6.33. The SMILES string of the molecule is CCNC(C)c1ccc(OC2CCCC2)cc1Cl. The average molecular weight is 268 g/mol. The molecule has 1 aliphatic rings. The van der Waals surface area contributed by atoms with E-state index in [4.69, 9.17) is 16.3 Å². The predicted molar refractivity (Wildman–Crippen MR) is 76.4 cm³/mol. The van der Waals surface area contributed by atoms with Gasteiger partial charge in [-0.05, 0) is 56.8 Å². The lowest BCUT2D eigenvalue weighted by Crippen LogP contribution is -2.18. The van der Waals surface area contributed by atoms with Crippen LogP contribution >= 0.6 is 11.6 Å². The molecular formula is C15H22ClNO. The van der Waals surface area contributed by atoms with E-state index >= 15 is 0 Å². The molecular weight excluding hydrogens is 246 g/mol. The third-order valence-corrected chi connectivity index (χ3v) is 3.88. The minimum absolute atomic E-state index is 0.281. The highest BCUT2D eigenvalue weighted by molar-refractivity contribution is 6.31. The summed E-state index contributed by atoms with van der Waals surface area (Å²) in [5.74, 6) is 0.902. The first kappa shape index (κ1) is 13.7. The Morgan fingerprint density at radius 2 is 2.11 bits per heavy atom. The van der Waals surface area contributed by atoms with Gasteiger partial charge in [0, 0.05) is 11.1 Å². The summed E-state index contributed by atoms with van der Waals surface area (Å²) < 4.78 is 5.95. The molecule has 100 valence electrons. The Labute approximate surface area is 115 Å². The second kappa shape index (κ2) is 6.44. The Morgan fingerprint density at radius 1 is 1.39 bits per heavy atom. The molecule has 0 heterocycles. The Kier molecular flexibility index (Phi) is 4.90. The lowest BCUT2D eigenvalue weighted by Gasteiger charge is -2.17. The topological polar surface area (TPSA) is 21.3 Å². The predicted octanol–water partition coefficient (Wildman–Crippen LogP) is 4.33. The zero-order chi connectivity index (χ0) is 13.0. The van der Waals surface area contributed by atoms with Gasteiger partial charge in [-0.3, -0.25) is 0 Å². The van der Waals surface area contributed by atoms with Crippen molar-refractivity contribution in [2.75, 3.05) is 6.54 Å². The van der Waals surface area contributed by atoms with Gasteiger partial charge in [0.2, 0.25) is 0 Å². The van der Waals surface area contributed by atoms with Crippen LogP contribution in [0.2, 0.25) is 5.02 Å².